The van der Waals surface area contributed by atoms with Crippen molar-refractivity contribution < 1.29 is 18.4 Å². The molecule has 0 bridgehead atoms. The number of rotatable bonds is 9. The molecule has 3 rings (SSSR count). The highest BCUT2D eigenvalue weighted by atomic mass is 19.3. The lowest BCUT2D eigenvalue weighted by Crippen LogP contribution is -2.38. The van der Waals surface area contributed by atoms with Crippen LogP contribution in [-0.2, 0) is 11.9 Å². The van der Waals surface area contributed by atoms with E-state index in [4.69, 9.17) is 9.57 Å². The number of hydrogen-bond donors (Lipinski definition) is 1. The van der Waals surface area contributed by atoms with Gasteiger partial charge >= 0.3 is 0 Å². The van der Waals surface area contributed by atoms with Crippen LogP contribution in [0.3, 0.4) is 0 Å². The number of alkyl halides is 2. The van der Waals surface area contributed by atoms with Gasteiger partial charge in [0.15, 0.2) is 6.10 Å². The van der Waals surface area contributed by atoms with E-state index in [0.717, 1.165) is 22.3 Å². The number of likely N-dealkylation sites (N-methyl/N-ethyl adjacent to an activating group) is 1. The molecule has 0 amide bonds. The number of hydrogen-bond acceptors (Lipinski definition) is 6. The van der Waals surface area contributed by atoms with E-state index in [1.807, 2.05) is 32.1 Å². The normalized spacial score (nSPS) is 13.2. The fourth-order valence-electron chi connectivity index (χ4n) is 3.52. The number of allylic oxidation sites excluding steroid dienone is 1. The van der Waals surface area contributed by atoms with Crippen molar-refractivity contribution in [3.63, 3.8) is 0 Å². The van der Waals surface area contributed by atoms with Crippen molar-refractivity contribution in [2.75, 3.05) is 20.2 Å². The number of halogens is 2. The van der Waals surface area contributed by atoms with Crippen molar-refractivity contribution in [1.82, 2.24) is 30.0 Å². The van der Waals surface area contributed by atoms with Crippen molar-refractivity contribution in [2.24, 2.45) is 7.05 Å². The summed E-state index contributed by atoms with van der Waals surface area (Å²) in [7, 11) is 3.26. The first-order chi connectivity index (χ1) is 14.8. The summed E-state index contributed by atoms with van der Waals surface area (Å²) in [6, 6.07) is 1.88. The van der Waals surface area contributed by atoms with Gasteiger partial charge in [-0.05, 0) is 39.8 Å². The molecule has 1 N–H and O–H groups in total. The van der Waals surface area contributed by atoms with E-state index in [2.05, 4.69) is 20.3 Å². The van der Waals surface area contributed by atoms with Gasteiger partial charge in [-0.1, -0.05) is 6.08 Å². The molecule has 168 valence electrons. The molecule has 0 radical (unpaired) electrons. The van der Waals surface area contributed by atoms with Crippen LogP contribution in [0.2, 0.25) is 0 Å². The number of nitrogens with zero attached hydrogens (tertiary/aromatic N) is 5. The van der Waals surface area contributed by atoms with Gasteiger partial charge in [-0.3, -0.25) is 14.9 Å². The highest BCUT2D eigenvalue weighted by Gasteiger charge is 2.29. The van der Waals surface area contributed by atoms with Gasteiger partial charge in [-0.2, -0.15) is 15.3 Å². The van der Waals surface area contributed by atoms with Crippen LogP contribution in [0, 0.1) is 13.8 Å². The fraction of sp³-hybridized carbons (Fsp3) is 0.476. The summed E-state index contributed by atoms with van der Waals surface area (Å²) in [5.74, 6) is 0.232. The molecular formula is C21H28F2N6O2. The average molecular weight is 434 g/mol. The van der Waals surface area contributed by atoms with E-state index < -0.39 is 12.5 Å². The summed E-state index contributed by atoms with van der Waals surface area (Å²) in [5.41, 5.74) is 4.11. The lowest BCUT2D eigenvalue weighted by molar-refractivity contribution is -0.160. The lowest BCUT2D eigenvalue weighted by atomic mass is 10.1. The number of H-pyrrole nitrogens is 1. The van der Waals surface area contributed by atoms with Crippen LogP contribution in [0.25, 0.3) is 28.2 Å². The Labute approximate surface area is 179 Å². The molecule has 3 aromatic heterocycles. The summed E-state index contributed by atoms with van der Waals surface area (Å²) in [6.45, 7) is 7.65. The molecule has 0 spiro atoms. The minimum atomic E-state index is -2.71. The number of ether oxygens (including phenoxy) is 1. The Balaban J connectivity index is 2.06. The minimum Gasteiger partial charge on any atom is -0.466 e. The van der Waals surface area contributed by atoms with E-state index in [0.29, 0.717) is 23.6 Å². The summed E-state index contributed by atoms with van der Waals surface area (Å²) in [4.78, 5) is 9.93. The van der Waals surface area contributed by atoms with Crippen molar-refractivity contribution in [1.29, 1.82) is 0 Å². The Morgan fingerprint density at radius 1 is 1.29 bits per heavy atom. The van der Waals surface area contributed by atoms with Gasteiger partial charge < -0.3 is 4.74 Å². The lowest BCUT2D eigenvalue weighted by Gasteiger charge is -2.24. The van der Waals surface area contributed by atoms with Gasteiger partial charge in [-0.15, -0.1) is 0 Å². The van der Waals surface area contributed by atoms with Crippen molar-refractivity contribution in [2.45, 2.75) is 40.2 Å². The van der Waals surface area contributed by atoms with Crippen LogP contribution in [0.4, 0.5) is 8.78 Å². The maximum atomic E-state index is 13.8. The maximum Gasteiger partial charge on any atom is 0.276 e. The number of nitrogens with one attached hydrogen (secondary N) is 1. The van der Waals surface area contributed by atoms with Crippen LogP contribution in [0.5, 0.6) is 5.88 Å². The zero-order valence-corrected chi connectivity index (χ0v) is 18.6. The van der Waals surface area contributed by atoms with Gasteiger partial charge in [0, 0.05) is 19.5 Å². The molecule has 8 nitrogen and oxygen atoms in total. The maximum absolute atomic E-state index is 13.8. The predicted molar refractivity (Wildman–Crippen MR) is 115 cm³/mol. The third-order valence-electron chi connectivity index (χ3n) is 4.84. The molecule has 31 heavy (non-hydrogen) atoms. The monoisotopic (exact) mass is 434 g/mol. The molecule has 0 aliphatic heterocycles. The Morgan fingerprint density at radius 3 is 2.68 bits per heavy atom. The Bertz CT molecular complexity index is 1080. The molecule has 0 aliphatic rings. The van der Waals surface area contributed by atoms with Crippen LogP contribution in [0.15, 0.2) is 12.1 Å². The first kappa shape index (κ1) is 22.8. The quantitative estimate of drug-likeness (QED) is 0.515. The molecule has 0 aliphatic carbocycles. The first-order valence-corrected chi connectivity index (χ1v) is 10.1. The summed E-state index contributed by atoms with van der Waals surface area (Å²) >= 11 is 0. The second-order valence-electron chi connectivity index (χ2n) is 7.23. The van der Waals surface area contributed by atoms with Gasteiger partial charge in [0.05, 0.1) is 41.5 Å². The van der Waals surface area contributed by atoms with Crippen LogP contribution in [0.1, 0.15) is 30.9 Å². The highest BCUT2D eigenvalue weighted by Crippen LogP contribution is 2.35. The standard InChI is InChI=1S/C21H28F2N6O2/c1-7-9-15-14-10-16(24-13(4)19(14)26-25-15)18-12(3)27-29(6)21(18)31-17(20(22)23)11-28(5)30-8-2/h7,9-10,17,20H,8,11H2,1-6H3,(H,25,26)/b9-7+/t17-/m1/s1. The number of fused-ring (bicyclic) bond motifs is 1. The van der Waals surface area contributed by atoms with Crippen molar-refractivity contribution in [3.05, 3.63) is 29.2 Å². The predicted octanol–water partition coefficient (Wildman–Crippen LogP) is 3.90. The number of aromatic nitrogens is 5. The topological polar surface area (TPSA) is 81.1 Å². The number of aromatic amines is 1. The first-order valence-electron chi connectivity index (χ1n) is 10.1. The second kappa shape index (κ2) is 9.52. The SMILES string of the molecule is C/C=C/c1[nH]nc2c(C)nc(-c3c(C)nn(C)c3O[C@H](CN(C)OCC)C(F)F)cc12. The summed E-state index contributed by atoms with van der Waals surface area (Å²) in [5, 5.41) is 14.0. The van der Waals surface area contributed by atoms with Crippen LogP contribution >= 0.6 is 0 Å². The average Bonchev–Trinajstić information content (AvgIpc) is 3.22. The van der Waals surface area contributed by atoms with Gasteiger partial charge in [0.25, 0.3) is 6.43 Å². The number of pyridine rings is 1. The molecule has 0 unspecified atom stereocenters. The molecule has 1 atom stereocenters. The van der Waals surface area contributed by atoms with E-state index in [9.17, 15) is 8.78 Å². The van der Waals surface area contributed by atoms with E-state index in [1.165, 1.54) is 9.75 Å². The fourth-order valence-corrected chi connectivity index (χ4v) is 3.52. The van der Waals surface area contributed by atoms with Gasteiger partial charge in [-0.25, -0.2) is 13.5 Å². The summed E-state index contributed by atoms with van der Waals surface area (Å²) < 4.78 is 34.8. The smallest absolute Gasteiger partial charge is 0.276 e. The highest BCUT2D eigenvalue weighted by molar-refractivity contribution is 5.91. The third kappa shape index (κ3) is 4.75. The summed E-state index contributed by atoms with van der Waals surface area (Å²) in [6.07, 6.45) is -0.280. The van der Waals surface area contributed by atoms with E-state index >= 15 is 0 Å². The largest absolute Gasteiger partial charge is 0.466 e. The third-order valence-corrected chi connectivity index (χ3v) is 4.84. The van der Waals surface area contributed by atoms with Crippen LogP contribution in [-0.4, -0.2) is 62.8 Å². The molecule has 3 aromatic rings. The van der Waals surface area contributed by atoms with Crippen LogP contribution < -0.4 is 4.74 Å². The molecule has 10 heteroatoms. The molecule has 0 fully saturated rings. The van der Waals surface area contributed by atoms with Crippen molar-refractivity contribution in [3.8, 4) is 17.1 Å². The number of hydroxylamine groups is 2. The van der Waals surface area contributed by atoms with E-state index in [-0.39, 0.29) is 12.4 Å². The zero-order chi connectivity index (χ0) is 22.7. The Kier molecular flexibility index (Phi) is 7.01. The Morgan fingerprint density at radius 2 is 2.03 bits per heavy atom. The Hall–Kier alpha value is -2.85. The second-order valence-corrected chi connectivity index (χ2v) is 7.23. The minimum absolute atomic E-state index is 0.103. The van der Waals surface area contributed by atoms with Gasteiger partial charge in [0.1, 0.15) is 5.52 Å². The molecule has 0 saturated carbocycles. The van der Waals surface area contributed by atoms with E-state index in [1.54, 1.807) is 27.9 Å². The molecule has 3 heterocycles. The molecular weight excluding hydrogens is 406 g/mol. The van der Waals surface area contributed by atoms with Gasteiger partial charge in [0.2, 0.25) is 5.88 Å². The zero-order valence-electron chi connectivity index (χ0n) is 18.6. The molecule has 0 saturated heterocycles. The van der Waals surface area contributed by atoms with Crippen molar-refractivity contribution >= 4 is 17.0 Å². The number of aryl methyl sites for hydroxylation is 3. The molecule has 0 aromatic carbocycles.